The molecule has 0 radical (unpaired) electrons. The molecule has 0 atom stereocenters. The predicted octanol–water partition coefficient (Wildman–Crippen LogP) is 2.19. The van der Waals surface area contributed by atoms with Gasteiger partial charge in [-0.05, 0) is 18.6 Å². The highest BCUT2D eigenvalue weighted by atomic mass is 32.1. The summed E-state index contributed by atoms with van der Waals surface area (Å²) >= 11 is 4.19. The second-order valence-electron chi connectivity index (χ2n) is 3.61. The summed E-state index contributed by atoms with van der Waals surface area (Å²) in [4.78, 5) is 12.3. The molecule has 5 heteroatoms. The van der Waals surface area contributed by atoms with E-state index in [9.17, 15) is 4.79 Å². The summed E-state index contributed by atoms with van der Waals surface area (Å²) < 4.78 is 15.2. The Hall–Kier alpha value is -1.04. The summed E-state index contributed by atoms with van der Waals surface area (Å²) in [6, 6.07) is 7.03. The van der Waals surface area contributed by atoms with Crippen LogP contribution in [0.4, 0.5) is 0 Å². The van der Waals surface area contributed by atoms with Crippen LogP contribution in [-0.2, 0) is 14.2 Å². The van der Waals surface area contributed by atoms with Gasteiger partial charge in [0.05, 0.1) is 12.2 Å². The molecule has 0 bridgehead atoms. The van der Waals surface area contributed by atoms with Crippen molar-refractivity contribution in [2.75, 3.05) is 33.5 Å². The maximum atomic E-state index is 11.7. The van der Waals surface area contributed by atoms with Crippen molar-refractivity contribution < 1.29 is 19.0 Å². The zero-order valence-electron chi connectivity index (χ0n) is 10.4. The monoisotopic (exact) mass is 270 g/mol. The van der Waals surface area contributed by atoms with Crippen LogP contribution < -0.4 is 0 Å². The van der Waals surface area contributed by atoms with Gasteiger partial charge in [-0.2, -0.15) is 0 Å². The van der Waals surface area contributed by atoms with Gasteiger partial charge in [0.1, 0.15) is 6.61 Å². The Labute approximate surface area is 113 Å². The van der Waals surface area contributed by atoms with Gasteiger partial charge in [0.2, 0.25) is 0 Å². The summed E-state index contributed by atoms with van der Waals surface area (Å²) in [7, 11) is 1.65. The zero-order valence-corrected chi connectivity index (χ0v) is 11.3. The first-order valence-electron chi connectivity index (χ1n) is 5.77. The molecule has 0 aliphatic heterocycles. The lowest BCUT2D eigenvalue weighted by molar-refractivity contribution is 0.0285. The number of ether oxygens (including phenoxy) is 3. The summed E-state index contributed by atoms with van der Waals surface area (Å²) in [5.74, 6) is -0.374. The maximum absolute atomic E-state index is 11.7. The smallest absolute Gasteiger partial charge is 0.339 e. The van der Waals surface area contributed by atoms with Crippen LogP contribution in [0.5, 0.6) is 0 Å². The quantitative estimate of drug-likeness (QED) is 0.447. The first-order valence-corrected chi connectivity index (χ1v) is 6.22. The van der Waals surface area contributed by atoms with Gasteiger partial charge in [-0.3, -0.25) is 0 Å². The number of rotatable bonds is 8. The number of esters is 1. The number of benzene rings is 1. The summed E-state index contributed by atoms with van der Waals surface area (Å²) in [5.41, 5.74) is 0.472. The van der Waals surface area contributed by atoms with Gasteiger partial charge in [-0.15, -0.1) is 12.6 Å². The molecule has 0 spiro atoms. The molecule has 100 valence electrons. The minimum absolute atomic E-state index is 0.244. The van der Waals surface area contributed by atoms with Gasteiger partial charge in [-0.1, -0.05) is 12.1 Å². The molecule has 0 fully saturated rings. The van der Waals surface area contributed by atoms with Crippen molar-refractivity contribution >= 4 is 18.6 Å². The van der Waals surface area contributed by atoms with Crippen molar-refractivity contribution in [2.24, 2.45) is 0 Å². The Kier molecular flexibility index (Phi) is 7.48. The highest BCUT2D eigenvalue weighted by Crippen LogP contribution is 2.13. The van der Waals surface area contributed by atoms with E-state index < -0.39 is 0 Å². The van der Waals surface area contributed by atoms with Crippen molar-refractivity contribution in [1.82, 2.24) is 0 Å². The van der Waals surface area contributed by atoms with Crippen LogP contribution in [0.15, 0.2) is 29.2 Å². The van der Waals surface area contributed by atoms with E-state index in [0.29, 0.717) is 30.3 Å². The van der Waals surface area contributed by atoms with Crippen molar-refractivity contribution in [3.05, 3.63) is 29.8 Å². The predicted molar refractivity (Wildman–Crippen MR) is 71.3 cm³/mol. The van der Waals surface area contributed by atoms with Crippen molar-refractivity contribution in [1.29, 1.82) is 0 Å². The van der Waals surface area contributed by atoms with Gasteiger partial charge in [0.25, 0.3) is 0 Å². The van der Waals surface area contributed by atoms with Crippen LogP contribution >= 0.6 is 12.6 Å². The van der Waals surface area contributed by atoms with Crippen LogP contribution in [0, 0.1) is 0 Å². The highest BCUT2D eigenvalue weighted by molar-refractivity contribution is 7.80. The molecule has 0 heterocycles. The van der Waals surface area contributed by atoms with Gasteiger partial charge in [-0.25, -0.2) is 4.79 Å². The second kappa shape index (κ2) is 8.97. The lowest BCUT2D eigenvalue weighted by atomic mass is 10.2. The molecule has 1 aromatic rings. The van der Waals surface area contributed by atoms with E-state index in [1.54, 1.807) is 25.3 Å². The third-order valence-electron chi connectivity index (χ3n) is 2.22. The van der Waals surface area contributed by atoms with E-state index in [2.05, 4.69) is 12.6 Å². The Balaban J connectivity index is 2.16. The SMILES string of the molecule is COCCCOCCOC(=O)c1ccccc1S. The second-order valence-corrected chi connectivity index (χ2v) is 4.09. The highest BCUT2D eigenvalue weighted by Gasteiger charge is 2.09. The van der Waals surface area contributed by atoms with Crippen LogP contribution in [0.3, 0.4) is 0 Å². The molecule has 0 N–H and O–H groups in total. The summed E-state index contributed by atoms with van der Waals surface area (Å²) in [6.07, 6.45) is 0.837. The van der Waals surface area contributed by atoms with E-state index in [1.807, 2.05) is 6.07 Å². The first kappa shape index (κ1) is 15.0. The molecular weight excluding hydrogens is 252 g/mol. The molecule has 18 heavy (non-hydrogen) atoms. The van der Waals surface area contributed by atoms with Crippen molar-refractivity contribution in [3.63, 3.8) is 0 Å². The maximum Gasteiger partial charge on any atom is 0.339 e. The number of methoxy groups -OCH3 is 1. The van der Waals surface area contributed by atoms with Gasteiger partial charge in [0.15, 0.2) is 0 Å². The Morgan fingerprint density at radius 2 is 1.94 bits per heavy atom. The summed E-state index contributed by atoms with van der Waals surface area (Å²) in [5, 5.41) is 0. The molecule has 1 rings (SSSR count). The average molecular weight is 270 g/mol. The number of hydrogen-bond acceptors (Lipinski definition) is 5. The number of thiol groups is 1. The number of hydrogen-bond donors (Lipinski definition) is 1. The fourth-order valence-electron chi connectivity index (χ4n) is 1.32. The number of carbonyl (C=O) groups is 1. The number of carbonyl (C=O) groups excluding carboxylic acids is 1. The minimum Gasteiger partial charge on any atom is -0.460 e. The van der Waals surface area contributed by atoms with Gasteiger partial charge < -0.3 is 14.2 Å². The molecule has 0 aliphatic rings. The lowest BCUT2D eigenvalue weighted by Gasteiger charge is -2.07. The molecule has 0 amide bonds. The molecule has 4 nitrogen and oxygen atoms in total. The topological polar surface area (TPSA) is 44.8 Å². The lowest BCUT2D eigenvalue weighted by Crippen LogP contribution is -2.12. The van der Waals surface area contributed by atoms with Crippen molar-refractivity contribution in [3.8, 4) is 0 Å². The van der Waals surface area contributed by atoms with Gasteiger partial charge >= 0.3 is 5.97 Å². The third-order valence-corrected chi connectivity index (χ3v) is 2.61. The Bertz CT molecular complexity index is 368. The molecule has 0 saturated heterocycles. The molecular formula is C13H18O4S. The Morgan fingerprint density at radius 3 is 2.67 bits per heavy atom. The van der Waals surface area contributed by atoms with E-state index in [4.69, 9.17) is 14.2 Å². The van der Waals surface area contributed by atoms with Crippen molar-refractivity contribution in [2.45, 2.75) is 11.3 Å². The van der Waals surface area contributed by atoms with Crippen LogP contribution in [0.1, 0.15) is 16.8 Å². The van der Waals surface area contributed by atoms with E-state index in [-0.39, 0.29) is 12.6 Å². The molecule has 0 aliphatic carbocycles. The zero-order chi connectivity index (χ0) is 13.2. The third kappa shape index (κ3) is 5.53. The Morgan fingerprint density at radius 1 is 1.17 bits per heavy atom. The first-order chi connectivity index (χ1) is 8.75. The average Bonchev–Trinajstić information content (AvgIpc) is 2.38. The van der Waals surface area contributed by atoms with E-state index in [0.717, 1.165) is 6.42 Å². The fourth-order valence-corrected chi connectivity index (χ4v) is 1.58. The molecule has 0 saturated carbocycles. The molecule has 1 aromatic carbocycles. The van der Waals surface area contributed by atoms with E-state index in [1.165, 1.54) is 0 Å². The fraction of sp³-hybridized carbons (Fsp3) is 0.462. The minimum atomic E-state index is -0.374. The normalized spacial score (nSPS) is 10.3. The standard InChI is InChI=1S/C13H18O4S/c1-15-7-4-8-16-9-10-17-13(14)11-5-2-3-6-12(11)18/h2-3,5-6,18H,4,7-10H2,1H3. The van der Waals surface area contributed by atoms with E-state index >= 15 is 0 Å². The molecule has 0 aromatic heterocycles. The van der Waals surface area contributed by atoms with Crippen LogP contribution in [0.25, 0.3) is 0 Å². The van der Waals surface area contributed by atoms with Gasteiger partial charge in [0, 0.05) is 25.2 Å². The largest absolute Gasteiger partial charge is 0.460 e. The van der Waals surface area contributed by atoms with Crippen LogP contribution in [0.2, 0.25) is 0 Å². The molecule has 0 unspecified atom stereocenters. The van der Waals surface area contributed by atoms with Crippen LogP contribution in [-0.4, -0.2) is 39.5 Å². The summed E-state index contributed by atoms with van der Waals surface area (Å²) in [6.45, 7) is 1.92.